The van der Waals surface area contributed by atoms with Gasteiger partial charge in [0.15, 0.2) is 0 Å². The van der Waals surface area contributed by atoms with Crippen molar-refractivity contribution < 1.29 is 22.7 Å². The lowest BCUT2D eigenvalue weighted by molar-refractivity contribution is -0.137. The molecule has 0 atom stereocenters. The second-order valence-corrected chi connectivity index (χ2v) is 6.58. The van der Waals surface area contributed by atoms with Crippen molar-refractivity contribution in [1.82, 2.24) is 0 Å². The number of nitrogens with two attached hydrogens (primary N) is 1. The van der Waals surface area contributed by atoms with Crippen LogP contribution in [-0.4, -0.2) is 12.9 Å². The van der Waals surface area contributed by atoms with Crippen molar-refractivity contribution in [3.8, 4) is 16.9 Å². The largest absolute Gasteiger partial charge is 0.496 e. The lowest BCUT2D eigenvalue weighted by Crippen LogP contribution is -2.05. The number of nitrogen functional groups attached to an aromatic ring is 1. The Morgan fingerprint density at radius 3 is 2.50 bits per heavy atom. The maximum atomic E-state index is 13.0. The first-order valence-electron chi connectivity index (χ1n) is 7.56. The molecule has 2 N–H and O–H groups in total. The third kappa shape index (κ3) is 3.43. The molecule has 1 heterocycles. The van der Waals surface area contributed by atoms with Gasteiger partial charge in [0.2, 0.25) is 5.78 Å². The summed E-state index contributed by atoms with van der Waals surface area (Å²) in [6, 6.07) is 13.0. The average Bonchev–Trinajstić information content (AvgIpc) is 3.02. The highest BCUT2D eigenvalue weighted by molar-refractivity contribution is 7.18. The molecule has 0 aliphatic rings. The fourth-order valence-electron chi connectivity index (χ4n) is 2.61. The summed E-state index contributed by atoms with van der Waals surface area (Å²) in [5, 5.41) is 0.343. The van der Waals surface area contributed by atoms with Gasteiger partial charge in [0.25, 0.3) is 0 Å². The molecular weight excluding hydrogens is 363 g/mol. The number of halogens is 3. The van der Waals surface area contributed by atoms with E-state index in [4.69, 9.17) is 10.5 Å². The second-order valence-electron chi connectivity index (χ2n) is 5.50. The van der Waals surface area contributed by atoms with E-state index in [1.165, 1.54) is 25.3 Å². The van der Waals surface area contributed by atoms with Gasteiger partial charge in [0, 0.05) is 5.56 Å². The second kappa shape index (κ2) is 6.84. The number of para-hydroxylation sites is 1. The number of methoxy groups -OCH3 is 1. The van der Waals surface area contributed by atoms with E-state index in [0.717, 1.165) is 23.5 Å². The van der Waals surface area contributed by atoms with Crippen LogP contribution in [0.4, 0.5) is 18.2 Å². The number of thiophene rings is 1. The number of hydrogen-bond donors (Lipinski definition) is 1. The van der Waals surface area contributed by atoms with E-state index in [2.05, 4.69) is 0 Å². The molecule has 3 aromatic rings. The summed E-state index contributed by atoms with van der Waals surface area (Å²) in [6.45, 7) is 0. The van der Waals surface area contributed by atoms with E-state index in [9.17, 15) is 18.0 Å². The molecule has 0 spiro atoms. The number of hydrogen-bond acceptors (Lipinski definition) is 4. The topological polar surface area (TPSA) is 52.3 Å². The molecule has 2 aromatic carbocycles. The van der Waals surface area contributed by atoms with E-state index >= 15 is 0 Å². The molecule has 134 valence electrons. The molecule has 0 saturated heterocycles. The summed E-state index contributed by atoms with van der Waals surface area (Å²) in [7, 11) is 1.45. The Hall–Kier alpha value is -2.80. The summed E-state index contributed by atoms with van der Waals surface area (Å²) in [5.41, 5.74) is 6.04. The van der Waals surface area contributed by atoms with Crippen molar-refractivity contribution in [3.05, 3.63) is 70.6 Å². The maximum Gasteiger partial charge on any atom is 0.416 e. The summed E-state index contributed by atoms with van der Waals surface area (Å²) >= 11 is 1.04. The fraction of sp³-hybridized carbons (Fsp3) is 0.105. The molecule has 0 radical (unpaired) electrons. The summed E-state index contributed by atoms with van der Waals surface area (Å²) < 4.78 is 44.2. The molecule has 26 heavy (non-hydrogen) atoms. The molecule has 0 amide bonds. The number of carbonyl (C=O) groups is 1. The average molecular weight is 377 g/mol. The predicted octanol–water partition coefficient (Wildman–Crippen LogP) is 5.26. The monoisotopic (exact) mass is 377 g/mol. The Balaban J connectivity index is 2.11. The van der Waals surface area contributed by atoms with Crippen molar-refractivity contribution in [2.75, 3.05) is 12.8 Å². The van der Waals surface area contributed by atoms with Crippen molar-refractivity contribution in [1.29, 1.82) is 0 Å². The van der Waals surface area contributed by atoms with Crippen LogP contribution in [0.15, 0.2) is 54.6 Å². The first-order chi connectivity index (χ1) is 12.3. The van der Waals surface area contributed by atoms with Crippen LogP contribution in [-0.2, 0) is 6.18 Å². The minimum absolute atomic E-state index is 0.270. The standard InChI is InChI=1S/C19H14F3NO2S/c1-25-15-8-3-2-7-13(15)17(24)18-14(10-16(23)26-18)11-5-4-6-12(9-11)19(20,21)22/h2-10H,23H2,1H3. The van der Waals surface area contributed by atoms with Gasteiger partial charge in [-0.15, -0.1) is 11.3 Å². The van der Waals surface area contributed by atoms with Gasteiger partial charge in [-0.2, -0.15) is 13.2 Å². The molecule has 3 rings (SSSR count). The van der Waals surface area contributed by atoms with E-state index in [-0.39, 0.29) is 16.2 Å². The number of benzene rings is 2. The Morgan fingerprint density at radius 1 is 1.08 bits per heavy atom. The molecule has 7 heteroatoms. The molecule has 3 nitrogen and oxygen atoms in total. The molecule has 0 fully saturated rings. The molecule has 0 aliphatic heterocycles. The SMILES string of the molecule is COc1ccccc1C(=O)c1sc(N)cc1-c1cccc(C(F)(F)F)c1. The first-order valence-corrected chi connectivity index (χ1v) is 8.37. The summed E-state index contributed by atoms with van der Waals surface area (Å²) in [5.74, 6) is 0.0380. The van der Waals surface area contributed by atoms with Crippen LogP contribution < -0.4 is 10.5 Å². The van der Waals surface area contributed by atoms with Crippen LogP contribution in [0.2, 0.25) is 0 Å². The van der Waals surface area contributed by atoms with Crippen LogP contribution in [0.3, 0.4) is 0 Å². The van der Waals surface area contributed by atoms with Crippen LogP contribution >= 0.6 is 11.3 Å². The van der Waals surface area contributed by atoms with E-state index in [0.29, 0.717) is 21.9 Å². The zero-order valence-corrected chi connectivity index (χ0v) is 14.4. The van der Waals surface area contributed by atoms with Gasteiger partial charge in [-0.1, -0.05) is 24.3 Å². The third-order valence-corrected chi connectivity index (χ3v) is 4.77. The summed E-state index contributed by atoms with van der Waals surface area (Å²) in [6.07, 6.45) is -4.47. The number of alkyl halides is 3. The van der Waals surface area contributed by atoms with Crippen molar-refractivity contribution >= 4 is 22.1 Å². The van der Waals surface area contributed by atoms with E-state index in [1.54, 1.807) is 24.3 Å². The molecule has 0 aliphatic carbocycles. The van der Waals surface area contributed by atoms with Crippen LogP contribution in [0.25, 0.3) is 11.1 Å². The van der Waals surface area contributed by atoms with Gasteiger partial charge in [-0.25, -0.2) is 0 Å². The Labute approximate surface area is 151 Å². The van der Waals surface area contributed by atoms with Gasteiger partial charge in [0.05, 0.1) is 28.1 Å². The normalized spacial score (nSPS) is 11.4. The quantitative estimate of drug-likeness (QED) is 0.632. The molecule has 0 unspecified atom stereocenters. The van der Waals surface area contributed by atoms with Crippen molar-refractivity contribution in [3.63, 3.8) is 0 Å². The number of rotatable bonds is 4. The maximum absolute atomic E-state index is 13.0. The molecule has 0 bridgehead atoms. The van der Waals surface area contributed by atoms with Crippen LogP contribution in [0, 0.1) is 0 Å². The first kappa shape index (κ1) is 18.0. The smallest absolute Gasteiger partial charge is 0.416 e. The van der Waals surface area contributed by atoms with Gasteiger partial charge >= 0.3 is 6.18 Å². The van der Waals surface area contributed by atoms with E-state index in [1.807, 2.05) is 0 Å². The number of ether oxygens (including phenoxy) is 1. The van der Waals surface area contributed by atoms with Gasteiger partial charge < -0.3 is 10.5 Å². The predicted molar refractivity (Wildman–Crippen MR) is 95.6 cm³/mol. The number of carbonyl (C=O) groups excluding carboxylic acids is 1. The van der Waals surface area contributed by atoms with Crippen LogP contribution in [0.5, 0.6) is 5.75 Å². The van der Waals surface area contributed by atoms with Crippen molar-refractivity contribution in [2.24, 2.45) is 0 Å². The van der Waals surface area contributed by atoms with Gasteiger partial charge in [-0.3, -0.25) is 4.79 Å². The Kier molecular flexibility index (Phi) is 4.73. The number of ketones is 1. The molecule has 0 saturated carbocycles. The zero-order chi connectivity index (χ0) is 18.9. The van der Waals surface area contributed by atoms with Crippen molar-refractivity contribution in [2.45, 2.75) is 6.18 Å². The minimum Gasteiger partial charge on any atom is -0.496 e. The minimum atomic E-state index is -4.47. The lowest BCUT2D eigenvalue weighted by Gasteiger charge is -2.10. The summed E-state index contributed by atoms with van der Waals surface area (Å²) in [4.78, 5) is 13.2. The molecule has 1 aromatic heterocycles. The highest BCUT2D eigenvalue weighted by Crippen LogP contribution is 2.38. The van der Waals surface area contributed by atoms with E-state index < -0.39 is 11.7 Å². The molecular formula is C19H14F3NO2S. The highest BCUT2D eigenvalue weighted by Gasteiger charge is 2.31. The van der Waals surface area contributed by atoms with Gasteiger partial charge in [-0.05, 0) is 35.9 Å². The lowest BCUT2D eigenvalue weighted by atomic mass is 9.99. The highest BCUT2D eigenvalue weighted by atomic mass is 32.1. The number of anilines is 1. The Morgan fingerprint density at radius 2 is 1.81 bits per heavy atom. The third-order valence-electron chi connectivity index (χ3n) is 3.81. The fourth-order valence-corrected chi connectivity index (χ4v) is 3.51. The Bertz CT molecular complexity index is 963. The van der Waals surface area contributed by atoms with Crippen LogP contribution in [0.1, 0.15) is 20.8 Å². The zero-order valence-electron chi connectivity index (χ0n) is 13.6. The van der Waals surface area contributed by atoms with Gasteiger partial charge in [0.1, 0.15) is 5.75 Å².